The van der Waals surface area contributed by atoms with E-state index in [2.05, 4.69) is 17.0 Å². The van der Waals surface area contributed by atoms with E-state index in [1.807, 2.05) is 19.1 Å². The molecule has 0 aromatic heterocycles. The maximum Gasteiger partial charge on any atom is 0.119 e. The van der Waals surface area contributed by atoms with E-state index in [4.69, 9.17) is 9.47 Å². The molecule has 122 valence electrons. The van der Waals surface area contributed by atoms with E-state index in [-0.39, 0.29) is 17.6 Å². The smallest absolute Gasteiger partial charge is 0.119 e. The van der Waals surface area contributed by atoms with Gasteiger partial charge in [-0.3, -0.25) is 4.90 Å². The number of aliphatic hydroxyl groups excluding tert-OH is 1. The summed E-state index contributed by atoms with van der Waals surface area (Å²) in [6, 6.07) is 8.27. The van der Waals surface area contributed by atoms with E-state index < -0.39 is 0 Å². The van der Waals surface area contributed by atoms with Gasteiger partial charge < -0.3 is 14.6 Å². The molecule has 2 fully saturated rings. The minimum absolute atomic E-state index is 0.0148. The van der Waals surface area contributed by atoms with Gasteiger partial charge in [0.1, 0.15) is 5.75 Å². The molecule has 1 aliphatic heterocycles. The van der Waals surface area contributed by atoms with Gasteiger partial charge in [0, 0.05) is 25.0 Å². The molecule has 1 saturated heterocycles. The number of likely N-dealkylation sites (tertiary alicyclic amines) is 1. The molecule has 4 heteroatoms. The van der Waals surface area contributed by atoms with Crippen LogP contribution < -0.4 is 4.74 Å². The van der Waals surface area contributed by atoms with E-state index in [0.717, 1.165) is 51.3 Å². The predicted octanol–water partition coefficient (Wildman–Crippen LogP) is 2.45. The molecular formula is C18H27NO3. The molecule has 0 amide bonds. The molecule has 1 aliphatic carbocycles. The van der Waals surface area contributed by atoms with E-state index in [1.165, 1.54) is 5.56 Å². The molecule has 1 N–H and O–H groups in total. The third-order valence-corrected chi connectivity index (χ3v) is 5.44. The summed E-state index contributed by atoms with van der Waals surface area (Å²) in [6.07, 6.45) is 2.95. The molecule has 1 spiro atoms. The zero-order valence-electron chi connectivity index (χ0n) is 13.6. The lowest BCUT2D eigenvalue weighted by molar-refractivity contribution is -0.209. The molecule has 2 atom stereocenters. The number of benzene rings is 1. The molecule has 0 radical (unpaired) electrons. The van der Waals surface area contributed by atoms with Gasteiger partial charge in [-0.2, -0.15) is 0 Å². The molecule has 4 nitrogen and oxygen atoms in total. The van der Waals surface area contributed by atoms with Crippen molar-refractivity contribution in [3.63, 3.8) is 0 Å². The highest BCUT2D eigenvalue weighted by molar-refractivity contribution is 5.28. The van der Waals surface area contributed by atoms with Gasteiger partial charge in [0.15, 0.2) is 0 Å². The first-order chi connectivity index (χ1) is 10.7. The summed E-state index contributed by atoms with van der Waals surface area (Å²) >= 11 is 0. The summed E-state index contributed by atoms with van der Waals surface area (Å²) in [7, 11) is 1.70. The van der Waals surface area contributed by atoms with Gasteiger partial charge in [0.2, 0.25) is 0 Å². The summed E-state index contributed by atoms with van der Waals surface area (Å²) in [5.74, 6) is 0.914. The van der Waals surface area contributed by atoms with Crippen molar-refractivity contribution in [2.45, 2.75) is 44.9 Å². The minimum Gasteiger partial charge on any atom is -0.497 e. The SMILES string of the molecule is CCO[C@@H]1C[C@H](O)C12CCN(Cc1cccc(OC)c1)CC2. The van der Waals surface area contributed by atoms with Gasteiger partial charge in [-0.15, -0.1) is 0 Å². The van der Waals surface area contributed by atoms with Crippen LogP contribution in [-0.4, -0.2) is 49.0 Å². The van der Waals surface area contributed by atoms with Crippen LogP contribution in [-0.2, 0) is 11.3 Å². The molecule has 1 heterocycles. The highest BCUT2D eigenvalue weighted by atomic mass is 16.5. The van der Waals surface area contributed by atoms with Crippen LogP contribution in [0.1, 0.15) is 31.7 Å². The first kappa shape index (κ1) is 15.8. The maximum absolute atomic E-state index is 10.2. The third kappa shape index (κ3) is 2.87. The van der Waals surface area contributed by atoms with E-state index >= 15 is 0 Å². The van der Waals surface area contributed by atoms with Gasteiger partial charge >= 0.3 is 0 Å². The zero-order valence-corrected chi connectivity index (χ0v) is 13.6. The molecule has 1 saturated carbocycles. The number of rotatable bonds is 5. The summed E-state index contributed by atoms with van der Waals surface area (Å²) in [4.78, 5) is 2.47. The fraction of sp³-hybridized carbons (Fsp3) is 0.667. The summed E-state index contributed by atoms with van der Waals surface area (Å²) in [5, 5.41) is 10.2. The number of hydrogen-bond donors (Lipinski definition) is 1. The van der Waals surface area contributed by atoms with E-state index in [1.54, 1.807) is 7.11 Å². The number of ether oxygens (including phenoxy) is 2. The van der Waals surface area contributed by atoms with Crippen molar-refractivity contribution >= 4 is 0 Å². The molecule has 1 aromatic rings. The van der Waals surface area contributed by atoms with Crippen LogP contribution >= 0.6 is 0 Å². The van der Waals surface area contributed by atoms with Crippen molar-refractivity contribution in [2.75, 3.05) is 26.8 Å². The van der Waals surface area contributed by atoms with Crippen LogP contribution in [0, 0.1) is 5.41 Å². The molecule has 2 aliphatic rings. The lowest BCUT2D eigenvalue weighted by Crippen LogP contribution is -2.62. The number of hydrogen-bond acceptors (Lipinski definition) is 4. The normalized spacial score (nSPS) is 27.6. The van der Waals surface area contributed by atoms with Crippen molar-refractivity contribution in [3.8, 4) is 5.75 Å². The second-order valence-corrected chi connectivity index (χ2v) is 6.56. The van der Waals surface area contributed by atoms with Crippen LogP contribution in [0.15, 0.2) is 24.3 Å². The van der Waals surface area contributed by atoms with Gasteiger partial charge in [0.05, 0.1) is 19.3 Å². The Hall–Kier alpha value is -1.10. The predicted molar refractivity (Wildman–Crippen MR) is 86.0 cm³/mol. The quantitative estimate of drug-likeness (QED) is 0.907. The van der Waals surface area contributed by atoms with Gasteiger partial charge in [-0.1, -0.05) is 12.1 Å². The molecule has 0 bridgehead atoms. The second kappa shape index (κ2) is 6.57. The number of piperidine rings is 1. The monoisotopic (exact) mass is 305 g/mol. The van der Waals surface area contributed by atoms with E-state index in [9.17, 15) is 5.11 Å². The topological polar surface area (TPSA) is 41.9 Å². The number of nitrogens with zero attached hydrogens (tertiary/aromatic N) is 1. The maximum atomic E-state index is 10.2. The first-order valence-corrected chi connectivity index (χ1v) is 8.33. The second-order valence-electron chi connectivity index (χ2n) is 6.56. The number of aliphatic hydroxyl groups is 1. The van der Waals surface area contributed by atoms with Crippen LogP contribution in [0.4, 0.5) is 0 Å². The summed E-state index contributed by atoms with van der Waals surface area (Å²) < 4.78 is 11.1. The van der Waals surface area contributed by atoms with Crippen LogP contribution in [0.25, 0.3) is 0 Å². The van der Waals surface area contributed by atoms with Crippen molar-refractivity contribution in [3.05, 3.63) is 29.8 Å². The summed E-state index contributed by atoms with van der Waals surface area (Å²) in [5.41, 5.74) is 1.30. The average Bonchev–Trinajstić information content (AvgIpc) is 2.55. The lowest BCUT2D eigenvalue weighted by atomic mass is 9.58. The van der Waals surface area contributed by atoms with Crippen LogP contribution in [0.5, 0.6) is 5.75 Å². The highest BCUT2D eigenvalue weighted by Crippen LogP contribution is 2.51. The lowest BCUT2D eigenvalue weighted by Gasteiger charge is -2.56. The Morgan fingerprint density at radius 3 is 2.73 bits per heavy atom. The molecule has 0 unspecified atom stereocenters. The van der Waals surface area contributed by atoms with Crippen LogP contribution in [0.2, 0.25) is 0 Å². The Labute approximate surface area is 133 Å². The van der Waals surface area contributed by atoms with Gasteiger partial charge in [0.25, 0.3) is 0 Å². The Morgan fingerprint density at radius 2 is 2.09 bits per heavy atom. The third-order valence-electron chi connectivity index (χ3n) is 5.44. The standard InChI is InChI=1S/C18H27NO3/c1-3-22-17-12-16(20)18(17)7-9-19(10-8-18)13-14-5-4-6-15(11-14)21-2/h4-6,11,16-17,20H,3,7-10,12-13H2,1-2H3/t16-,17+/m0/s1. The zero-order chi connectivity index (χ0) is 15.6. The Kier molecular flexibility index (Phi) is 4.71. The molecule has 3 rings (SSSR count). The van der Waals surface area contributed by atoms with Crippen molar-refractivity contribution in [2.24, 2.45) is 5.41 Å². The van der Waals surface area contributed by atoms with Crippen molar-refractivity contribution in [1.29, 1.82) is 0 Å². The Bertz CT molecular complexity index is 495. The van der Waals surface area contributed by atoms with Crippen molar-refractivity contribution < 1.29 is 14.6 Å². The fourth-order valence-electron chi connectivity index (χ4n) is 3.97. The highest BCUT2D eigenvalue weighted by Gasteiger charge is 2.55. The minimum atomic E-state index is -0.178. The largest absolute Gasteiger partial charge is 0.497 e. The Morgan fingerprint density at radius 1 is 1.32 bits per heavy atom. The van der Waals surface area contributed by atoms with Crippen molar-refractivity contribution in [1.82, 2.24) is 4.90 Å². The molecule has 1 aromatic carbocycles. The number of methoxy groups -OCH3 is 1. The molecular weight excluding hydrogens is 278 g/mol. The van der Waals surface area contributed by atoms with Crippen LogP contribution in [0.3, 0.4) is 0 Å². The first-order valence-electron chi connectivity index (χ1n) is 8.33. The summed E-state index contributed by atoms with van der Waals surface area (Å²) in [6.45, 7) is 5.78. The molecule has 22 heavy (non-hydrogen) atoms. The van der Waals surface area contributed by atoms with Gasteiger partial charge in [-0.05, 0) is 50.6 Å². The van der Waals surface area contributed by atoms with Gasteiger partial charge in [-0.25, -0.2) is 0 Å². The Balaban J connectivity index is 1.57. The average molecular weight is 305 g/mol. The fourth-order valence-corrected chi connectivity index (χ4v) is 3.97. The van der Waals surface area contributed by atoms with E-state index in [0.29, 0.717) is 0 Å².